The van der Waals surface area contributed by atoms with E-state index in [-0.39, 0.29) is 5.91 Å². The summed E-state index contributed by atoms with van der Waals surface area (Å²) in [6.07, 6.45) is 0. The van der Waals surface area contributed by atoms with Gasteiger partial charge in [0.25, 0.3) is 5.91 Å². The van der Waals surface area contributed by atoms with Gasteiger partial charge in [0, 0.05) is 11.3 Å². The van der Waals surface area contributed by atoms with Crippen LogP contribution in [0.2, 0.25) is 0 Å². The normalized spacial score (nSPS) is 22.1. The van der Waals surface area contributed by atoms with Crippen molar-refractivity contribution in [3.8, 4) is 0 Å². The van der Waals surface area contributed by atoms with Crippen molar-refractivity contribution in [1.82, 2.24) is 0 Å². The van der Waals surface area contributed by atoms with Gasteiger partial charge in [0.15, 0.2) is 0 Å². The largest absolute Gasteiger partial charge is 0.324 e. The minimum Gasteiger partial charge on any atom is -0.324 e. The van der Waals surface area contributed by atoms with E-state index in [9.17, 15) is 4.79 Å². The summed E-state index contributed by atoms with van der Waals surface area (Å²) >= 11 is 0. The van der Waals surface area contributed by atoms with E-state index in [0.29, 0.717) is 0 Å². The number of hydrogen-bond acceptors (Lipinski definition) is 2. The Kier molecular flexibility index (Phi) is 2.03. The maximum absolute atomic E-state index is 12.1. The van der Waals surface area contributed by atoms with Crippen LogP contribution < -0.4 is 11.1 Å². The lowest BCUT2D eigenvalue weighted by Crippen LogP contribution is -2.44. The molecule has 17 heavy (non-hydrogen) atoms. The van der Waals surface area contributed by atoms with E-state index in [1.54, 1.807) is 0 Å². The summed E-state index contributed by atoms with van der Waals surface area (Å²) in [7, 11) is 0. The minimum absolute atomic E-state index is 0.176. The summed E-state index contributed by atoms with van der Waals surface area (Å²) in [5, 5.41) is 2.82. The predicted molar refractivity (Wildman–Crippen MR) is 66.5 cm³/mol. The monoisotopic (exact) mass is 224 g/mol. The van der Waals surface area contributed by atoms with Gasteiger partial charge < -0.3 is 11.1 Å². The van der Waals surface area contributed by atoms with E-state index in [0.717, 1.165) is 16.8 Å². The Hall–Kier alpha value is -2.13. The molecule has 1 aliphatic rings. The van der Waals surface area contributed by atoms with Crippen molar-refractivity contribution in [2.45, 2.75) is 5.54 Å². The Morgan fingerprint density at radius 3 is 2.35 bits per heavy atom. The fourth-order valence-electron chi connectivity index (χ4n) is 2.27. The topological polar surface area (TPSA) is 55.1 Å². The molecule has 0 saturated heterocycles. The lowest BCUT2D eigenvalue weighted by atomic mass is 9.85. The van der Waals surface area contributed by atoms with Crippen LogP contribution in [0.25, 0.3) is 0 Å². The summed E-state index contributed by atoms with van der Waals surface area (Å²) in [5.41, 5.74) is 7.68. The molecule has 1 atom stereocenters. The van der Waals surface area contributed by atoms with Crippen LogP contribution in [-0.4, -0.2) is 5.91 Å². The average molecular weight is 224 g/mol. The summed E-state index contributed by atoms with van der Waals surface area (Å²) in [5.74, 6) is -0.176. The molecule has 3 N–H and O–H groups in total. The van der Waals surface area contributed by atoms with Crippen molar-refractivity contribution in [2.75, 3.05) is 5.32 Å². The second-order valence-electron chi connectivity index (χ2n) is 4.17. The van der Waals surface area contributed by atoms with Crippen LogP contribution >= 0.6 is 0 Å². The van der Waals surface area contributed by atoms with Crippen LogP contribution in [0.5, 0.6) is 0 Å². The number of carbonyl (C=O) groups is 1. The number of anilines is 1. The van der Waals surface area contributed by atoms with Crippen molar-refractivity contribution in [2.24, 2.45) is 5.73 Å². The van der Waals surface area contributed by atoms with Crippen molar-refractivity contribution in [3.63, 3.8) is 0 Å². The highest BCUT2D eigenvalue weighted by atomic mass is 16.2. The molecule has 2 aromatic carbocycles. The van der Waals surface area contributed by atoms with Crippen LogP contribution in [0, 0.1) is 0 Å². The fourth-order valence-corrected chi connectivity index (χ4v) is 2.27. The summed E-state index contributed by atoms with van der Waals surface area (Å²) in [4.78, 5) is 12.1. The van der Waals surface area contributed by atoms with Gasteiger partial charge in [-0.1, -0.05) is 48.5 Å². The molecule has 0 bridgehead atoms. The number of fused-ring (bicyclic) bond motifs is 1. The lowest BCUT2D eigenvalue weighted by molar-refractivity contribution is -0.119. The summed E-state index contributed by atoms with van der Waals surface area (Å²) in [6.45, 7) is 0. The van der Waals surface area contributed by atoms with Gasteiger partial charge in [-0.15, -0.1) is 0 Å². The molecule has 1 heterocycles. The molecule has 0 fully saturated rings. The molecule has 0 radical (unpaired) electrons. The van der Waals surface area contributed by atoms with Crippen LogP contribution in [0.3, 0.4) is 0 Å². The molecule has 3 rings (SSSR count). The van der Waals surface area contributed by atoms with Crippen molar-refractivity contribution in [1.29, 1.82) is 0 Å². The van der Waals surface area contributed by atoms with E-state index in [1.165, 1.54) is 0 Å². The van der Waals surface area contributed by atoms with Gasteiger partial charge in [-0.2, -0.15) is 0 Å². The molecule has 2 aromatic rings. The molecule has 3 nitrogen and oxygen atoms in total. The molecule has 1 unspecified atom stereocenters. The fraction of sp³-hybridized carbons (Fsp3) is 0.0714. The highest BCUT2D eigenvalue weighted by Crippen LogP contribution is 2.38. The Labute approximate surface area is 99.3 Å². The Morgan fingerprint density at radius 2 is 1.59 bits per heavy atom. The van der Waals surface area contributed by atoms with Crippen LogP contribution in [-0.2, 0) is 10.3 Å². The molecular formula is C14H12N2O. The van der Waals surface area contributed by atoms with Crippen molar-refractivity contribution < 1.29 is 4.79 Å². The molecule has 0 aromatic heterocycles. The first-order chi connectivity index (χ1) is 8.23. The van der Waals surface area contributed by atoms with Crippen LogP contribution in [0.4, 0.5) is 5.69 Å². The van der Waals surface area contributed by atoms with E-state index >= 15 is 0 Å². The van der Waals surface area contributed by atoms with Crippen LogP contribution in [0.15, 0.2) is 54.6 Å². The Balaban J connectivity index is 2.24. The van der Waals surface area contributed by atoms with E-state index < -0.39 is 5.54 Å². The highest BCUT2D eigenvalue weighted by Gasteiger charge is 2.44. The van der Waals surface area contributed by atoms with Gasteiger partial charge in [0.05, 0.1) is 0 Å². The first-order valence-corrected chi connectivity index (χ1v) is 5.48. The number of nitrogens with one attached hydrogen (secondary N) is 1. The number of hydrogen-bond donors (Lipinski definition) is 2. The minimum atomic E-state index is -1.07. The quantitative estimate of drug-likeness (QED) is 0.776. The zero-order chi connectivity index (χ0) is 11.9. The second-order valence-corrected chi connectivity index (χ2v) is 4.17. The van der Waals surface area contributed by atoms with E-state index in [1.807, 2.05) is 54.6 Å². The number of amides is 1. The van der Waals surface area contributed by atoms with Gasteiger partial charge in [-0.05, 0) is 11.6 Å². The number of nitrogens with two attached hydrogens (primary N) is 1. The van der Waals surface area contributed by atoms with Crippen molar-refractivity contribution in [3.05, 3.63) is 65.7 Å². The molecule has 0 spiro atoms. The molecule has 1 aliphatic heterocycles. The van der Waals surface area contributed by atoms with Crippen molar-refractivity contribution >= 4 is 11.6 Å². The summed E-state index contributed by atoms with van der Waals surface area (Å²) < 4.78 is 0. The van der Waals surface area contributed by atoms with Gasteiger partial charge in [-0.3, -0.25) is 4.79 Å². The summed E-state index contributed by atoms with van der Waals surface area (Å²) in [6, 6.07) is 17.0. The third kappa shape index (κ3) is 1.29. The molecule has 0 saturated carbocycles. The molecular weight excluding hydrogens is 212 g/mol. The Bertz CT molecular complexity index is 580. The SMILES string of the molecule is NC1(c2ccccc2)C(=O)Nc2ccccc21. The highest BCUT2D eigenvalue weighted by molar-refractivity contribution is 6.08. The molecule has 3 heteroatoms. The predicted octanol–water partition coefficient (Wildman–Crippen LogP) is 1.84. The second kappa shape index (κ2) is 3.43. The van der Waals surface area contributed by atoms with Gasteiger partial charge >= 0.3 is 0 Å². The van der Waals surface area contributed by atoms with Gasteiger partial charge in [0.1, 0.15) is 5.54 Å². The number of benzene rings is 2. The van der Waals surface area contributed by atoms with E-state index in [2.05, 4.69) is 5.32 Å². The number of para-hydroxylation sites is 1. The third-order valence-electron chi connectivity index (χ3n) is 3.19. The molecule has 0 aliphatic carbocycles. The van der Waals surface area contributed by atoms with Gasteiger partial charge in [0.2, 0.25) is 0 Å². The maximum atomic E-state index is 12.1. The smallest absolute Gasteiger partial charge is 0.253 e. The maximum Gasteiger partial charge on any atom is 0.253 e. The number of carbonyl (C=O) groups excluding carboxylic acids is 1. The zero-order valence-corrected chi connectivity index (χ0v) is 9.18. The van der Waals surface area contributed by atoms with Gasteiger partial charge in [-0.25, -0.2) is 0 Å². The molecule has 1 amide bonds. The molecule has 84 valence electrons. The number of rotatable bonds is 1. The van der Waals surface area contributed by atoms with E-state index in [4.69, 9.17) is 5.73 Å². The van der Waals surface area contributed by atoms with Crippen LogP contribution in [0.1, 0.15) is 11.1 Å². The third-order valence-corrected chi connectivity index (χ3v) is 3.19. The first kappa shape index (κ1) is 10.1. The lowest BCUT2D eigenvalue weighted by Gasteiger charge is -2.22. The standard InChI is InChI=1S/C14H12N2O/c15-14(10-6-2-1-3-7-10)11-8-4-5-9-12(11)16-13(14)17/h1-9H,15H2,(H,16,17). The zero-order valence-electron chi connectivity index (χ0n) is 9.18. The average Bonchev–Trinajstić information content (AvgIpc) is 2.64. The first-order valence-electron chi connectivity index (χ1n) is 5.48. The Morgan fingerprint density at radius 1 is 0.941 bits per heavy atom.